The largest absolute Gasteiger partial charge is 0.394 e. The summed E-state index contributed by atoms with van der Waals surface area (Å²) in [4.78, 5) is 18.4. The van der Waals surface area contributed by atoms with Gasteiger partial charge in [0.05, 0.1) is 26.4 Å². The highest BCUT2D eigenvalue weighted by molar-refractivity contribution is 5.84. The van der Waals surface area contributed by atoms with Gasteiger partial charge in [0.15, 0.2) is 0 Å². The Bertz CT molecular complexity index is 136. The maximum absolute atomic E-state index is 9.47. The number of aliphatic hydroxyl groups is 2. The van der Waals surface area contributed by atoms with Gasteiger partial charge in [0, 0.05) is 0 Å². The van der Waals surface area contributed by atoms with Gasteiger partial charge in [-0.05, 0) is 6.08 Å². The second-order valence-electron chi connectivity index (χ2n) is 1.83. The molecule has 0 fully saturated rings. The minimum Gasteiger partial charge on any atom is -0.394 e. The van der Waals surface area contributed by atoms with E-state index in [0.717, 1.165) is 6.08 Å². The third kappa shape index (κ3) is 22.5. The molecule has 0 aliphatic rings. The van der Waals surface area contributed by atoms with E-state index in [2.05, 4.69) is 27.6 Å². The van der Waals surface area contributed by atoms with E-state index in [-0.39, 0.29) is 26.4 Å². The highest BCUT2D eigenvalue weighted by Crippen LogP contribution is 1.67. The monoisotopic (exact) mass is 208 g/mol. The Morgan fingerprint density at radius 1 is 1.36 bits per heavy atom. The summed E-state index contributed by atoms with van der Waals surface area (Å²) < 4.78 is 0. The molecule has 7 heteroatoms. The van der Waals surface area contributed by atoms with Crippen molar-refractivity contribution in [3.8, 4) is 0 Å². The number of carbonyl (C=O) groups excluding carboxylic acids is 1. The van der Waals surface area contributed by atoms with E-state index in [1.54, 1.807) is 0 Å². The van der Waals surface area contributed by atoms with Gasteiger partial charge in [0.25, 0.3) is 0 Å². The van der Waals surface area contributed by atoms with Crippen molar-refractivity contribution in [2.75, 3.05) is 26.4 Å². The Labute approximate surface area is 82.0 Å². The second kappa shape index (κ2) is 14.5. The lowest BCUT2D eigenvalue weighted by Crippen LogP contribution is -2.19. The normalized spacial score (nSPS) is 8.71. The van der Waals surface area contributed by atoms with Gasteiger partial charge >= 0.3 is 0 Å². The lowest BCUT2D eigenvalue weighted by molar-refractivity contribution is -0.178. The molecule has 0 heterocycles. The van der Waals surface area contributed by atoms with E-state index >= 15 is 0 Å². The summed E-state index contributed by atoms with van der Waals surface area (Å²) in [6.07, 6.45) is 1.06. The van der Waals surface area contributed by atoms with E-state index in [4.69, 9.17) is 10.2 Å². The molecule has 14 heavy (non-hydrogen) atoms. The number of carbonyl (C=O) groups is 1. The average Bonchev–Trinajstić information content (AvgIpc) is 2.19. The zero-order valence-corrected chi connectivity index (χ0v) is 7.81. The Hall–Kier alpha value is -0.990. The van der Waals surface area contributed by atoms with Crippen LogP contribution < -0.4 is 11.4 Å². The maximum atomic E-state index is 9.47. The van der Waals surface area contributed by atoms with Crippen molar-refractivity contribution in [1.29, 1.82) is 0 Å². The highest BCUT2D eigenvalue weighted by atomic mass is 16.9. The number of hydrogen-bond acceptors (Lipinski definition) is 6. The summed E-state index contributed by atoms with van der Waals surface area (Å²) in [5.41, 5.74) is 6.60. The van der Waals surface area contributed by atoms with Crippen molar-refractivity contribution in [2.45, 2.75) is 0 Å². The number of nitrogens with one attached hydrogen (secondary N) is 1. The van der Waals surface area contributed by atoms with Gasteiger partial charge in [-0.3, -0.25) is 14.5 Å². The molecule has 1 amide bonds. The van der Waals surface area contributed by atoms with Crippen LogP contribution in [0, 0.1) is 0 Å². The molecule has 0 spiro atoms. The molecule has 5 N–H and O–H groups in total. The molecular weight excluding hydrogens is 192 g/mol. The van der Waals surface area contributed by atoms with E-state index in [1.165, 1.54) is 0 Å². The van der Waals surface area contributed by atoms with E-state index in [1.807, 2.05) is 0 Å². The van der Waals surface area contributed by atoms with Crippen molar-refractivity contribution in [3.05, 3.63) is 12.7 Å². The van der Waals surface area contributed by atoms with Gasteiger partial charge in [-0.15, -0.1) is 0 Å². The van der Waals surface area contributed by atoms with Gasteiger partial charge < -0.3 is 15.9 Å². The van der Waals surface area contributed by atoms with Crippen LogP contribution in [-0.4, -0.2) is 42.5 Å². The molecule has 0 saturated carbocycles. The number of hydrogen-bond donors (Lipinski definition) is 4. The zero-order chi connectivity index (χ0) is 11.2. The van der Waals surface area contributed by atoms with Crippen molar-refractivity contribution < 1.29 is 24.7 Å². The molecule has 0 aliphatic carbocycles. The number of primary amides is 1. The van der Waals surface area contributed by atoms with Crippen molar-refractivity contribution in [3.63, 3.8) is 0 Å². The van der Waals surface area contributed by atoms with Crippen LogP contribution in [0.4, 0.5) is 0 Å². The average molecular weight is 208 g/mol. The standard InChI is InChI=1S/C4H11NO4.C3H5NO/c6-1-3-8-5-9-4-2-7;1-2-3(4)5/h5-7H,1-4H2;2H,1H2,(H2,4,5). The fraction of sp³-hybridized carbons (Fsp3) is 0.571. The summed E-state index contributed by atoms with van der Waals surface area (Å²) in [5.74, 6) is -0.481. The number of aliphatic hydroxyl groups excluding tert-OH is 2. The fourth-order valence-electron chi connectivity index (χ4n) is 0.216. The molecule has 0 unspecified atom stereocenters. The van der Waals surface area contributed by atoms with Crippen LogP contribution in [0.1, 0.15) is 0 Å². The van der Waals surface area contributed by atoms with Gasteiger partial charge in [0.2, 0.25) is 5.91 Å². The van der Waals surface area contributed by atoms with Crippen LogP contribution in [0.15, 0.2) is 12.7 Å². The predicted octanol–water partition coefficient (Wildman–Crippen LogP) is -1.92. The molecule has 0 atom stereocenters. The van der Waals surface area contributed by atoms with Crippen LogP contribution in [0.5, 0.6) is 0 Å². The molecule has 0 aromatic rings. The highest BCUT2D eigenvalue weighted by Gasteiger charge is 1.83. The number of amides is 1. The van der Waals surface area contributed by atoms with Crippen molar-refractivity contribution >= 4 is 5.91 Å². The molecular formula is C7H16N2O5. The second-order valence-corrected chi connectivity index (χ2v) is 1.83. The van der Waals surface area contributed by atoms with Crippen LogP contribution >= 0.6 is 0 Å². The van der Waals surface area contributed by atoms with E-state index < -0.39 is 5.91 Å². The summed E-state index contributed by atoms with van der Waals surface area (Å²) >= 11 is 0. The van der Waals surface area contributed by atoms with Crippen molar-refractivity contribution in [2.24, 2.45) is 5.73 Å². The van der Waals surface area contributed by atoms with E-state index in [9.17, 15) is 4.79 Å². The third-order valence-electron chi connectivity index (χ3n) is 0.706. The minimum atomic E-state index is -0.481. The molecule has 0 aromatic carbocycles. The molecule has 0 aromatic heterocycles. The quantitative estimate of drug-likeness (QED) is 0.220. The third-order valence-corrected chi connectivity index (χ3v) is 0.706. The summed E-state index contributed by atoms with van der Waals surface area (Å²) in [6, 6.07) is 0. The van der Waals surface area contributed by atoms with Crippen LogP contribution in [0.2, 0.25) is 0 Å². The first-order chi connectivity index (χ1) is 6.68. The molecule has 0 bridgehead atoms. The smallest absolute Gasteiger partial charge is 0.240 e. The lowest BCUT2D eigenvalue weighted by Gasteiger charge is -2.01. The van der Waals surface area contributed by atoms with Gasteiger partial charge in [-0.1, -0.05) is 12.2 Å². The molecule has 0 rings (SSSR count). The summed E-state index contributed by atoms with van der Waals surface area (Å²) in [5, 5.41) is 16.3. The predicted molar refractivity (Wildman–Crippen MR) is 48.6 cm³/mol. The topological polar surface area (TPSA) is 114 Å². The van der Waals surface area contributed by atoms with Crippen LogP contribution in [0.25, 0.3) is 0 Å². The molecule has 7 nitrogen and oxygen atoms in total. The first kappa shape index (κ1) is 15.5. The number of nitrogens with two attached hydrogens (primary N) is 1. The Kier molecular flexibility index (Phi) is 16.1. The lowest BCUT2D eigenvalue weighted by atomic mass is 10.6. The summed E-state index contributed by atoms with van der Waals surface area (Å²) in [6.45, 7) is 3.31. The van der Waals surface area contributed by atoms with E-state index in [0.29, 0.717) is 0 Å². The SMILES string of the molecule is C=CC(N)=O.OCCONOCCO. The maximum Gasteiger partial charge on any atom is 0.240 e. The molecule has 0 saturated heterocycles. The Balaban J connectivity index is 0. The Morgan fingerprint density at radius 2 is 1.71 bits per heavy atom. The number of rotatable bonds is 7. The van der Waals surface area contributed by atoms with Crippen LogP contribution in [-0.2, 0) is 14.5 Å². The summed E-state index contributed by atoms with van der Waals surface area (Å²) in [7, 11) is 0. The first-order valence-electron chi connectivity index (χ1n) is 3.81. The molecule has 0 aliphatic heterocycles. The zero-order valence-electron chi connectivity index (χ0n) is 7.81. The molecule has 84 valence electrons. The Morgan fingerprint density at radius 3 is 1.93 bits per heavy atom. The molecule has 0 radical (unpaired) electrons. The van der Waals surface area contributed by atoms with Gasteiger partial charge in [-0.25, -0.2) is 0 Å². The minimum absolute atomic E-state index is 0.0600. The first-order valence-corrected chi connectivity index (χ1v) is 3.81. The van der Waals surface area contributed by atoms with Crippen molar-refractivity contribution in [1.82, 2.24) is 5.64 Å². The van der Waals surface area contributed by atoms with Gasteiger partial charge in [0.1, 0.15) is 0 Å². The fourth-order valence-corrected chi connectivity index (χ4v) is 0.216. The van der Waals surface area contributed by atoms with Crippen LogP contribution in [0.3, 0.4) is 0 Å². The van der Waals surface area contributed by atoms with Gasteiger partial charge in [-0.2, -0.15) is 0 Å².